The smallest absolute Gasteiger partial charge is 0.231 e. The molecule has 1 aromatic rings. The van der Waals surface area contributed by atoms with Crippen molar-refractivity contribution in [3.05, 3.63) is 11.7 Å². The lowest BCUT2D eigenvalue weighted by molar-refractivity contribution is -0.0941. The highest BCUT2D eigenvalue weighted by atomic mass is 16.6. The van der Waals surface area contributed by atoms with Gasteiger partial charge in [0, 0.05) is 6.54 Å². The molecule has 0 spiro atoms. The van der Waals surface area contributed by atoms with Gasteiger partial charge in [0.05, 0.1) is 25.7 Å². The number of nitrogens with two attached hydrogens (primary N) is 1. The topological polar surface area (TPSA) is 83.4 Å². The second-order valence-corrected chi connectivity index (χ2v) is 4.51. The summed E-state index contributed by atoms with van der Waals surface area (Å²) in [4.78, 5) is 4.36. The molecular weight excluding hydrogens is 222 g/mol. The van der Waals surface area contributed by atoms with E-state index in [1.807, 2.05) is 0 Å². The van der Waals surface area contributed by atoms with Gasteiger partial charge in [0.15, 0.2) is 0 Å². The van der Waals surface area contributed by atoms with Gasteiger partial charge in [-0.1, -0.05) is 19.0 Å². The Hall–Kier alpha value is -0.980. The van der Waals surface area contributed by atoms with Crippen molar-refractivity contribution in [2.75, 3.05) is 26.4 Å². The number of rotatable bonds is 4. The average molecular weight is 241 g/mol. The Morgan fingerprint density at radius 1 is 1.41 bits per heavy atom. The summed E-state index contributed by atoms with van der Waals surface area (Å²) >= 11 is 0. The van der Waals surface area contributed by atoms with Crippen LogP contribution in [0.15, 0.2) is 4.52 Å². The van der Waals surface area contributed by atoms with Crippen LogP contribution in [0.2, 0.25) is 0 Å². The van der Waals surface area contributed by atoms with Crippen molar-refractivity contribution in [2.24, 2.45) is 11.7 Å². The number of ether oxygens (including phenoxy) is 2. The van der Waals surface area contributed by atoms with E-state index in [1.54, 1.807) is 0 Å². The molecule has 2 N–H and O–H groups in total. The van der Waals surface area contributed by atoms with Gasteiger partial charge in [0.25, 0.3) is 0 Å². The zero-order valence-electron chi connectivity index (χ0n) is 10.3. The Morgan fingerprint density at radius 2 is 2.24 bits per heavy atom. The molecule has 2 atom stereocenters. The van der Waals surface area contributed by atoms with E-state index in [4.69, 9.17) is 19.7 Å². The van der Waals surface area contributed by atoms with Gasteiger partial charge in [-0.2, -0.15) is 4.98 Å². The maximum atomic E-state index is 5.71. The first kappa shape index (κ1) is 12.5. The highest BCUT2D eigenvalue weighted by Crippen LogP contribution is 2.24. The molecule has 1 aromatic heterocycles. The molecule has 1 fully saturated rings. The SMILES string of the molecule is CC(C)C(CN)c1nc(C2COCCO2)no1. The van der Waals surface area contributed by atoms with Gasteiger partial charge in [-0.05, 0) is 5.92 Å². The molecule has 0 saturated carbocycles. The molecule has 6 nitrogen and oxygen atoms in total. The van der Waals surface area contributed by atoms with Crippen LogP contribution in [-0.4, -0.2) is 36.5 Å². The maximum absolute atomic E-state index is 5.71. The van der Waals surface area contributed by atoms with Crippen LogP contribution in [-0.2, 0) is 9.47 Å². The normalized spacial score (nSPS) is 22.9. The van der Waals surface area contributed by atoms with Crippen molar-refractivity contribution in [3.8, 4) is 0 Å². The van der Waals surface area contributed by atoms with Crippen molar-refractivity contribution >= 4 is 0 Å². The minimum absolute atomic E-state index is 0.0979. The van der Waals surface area contributed by atoms with Crippen LogP contribution >= 0.6 is 0 Å². The fourth-order valence-corrected chi connectivity index (χ4v) is 1.82. The van der Waals surface area contributed by atoms with Crippen molar-refractivity contribution in [1.29, 1.82) is 0 Å². The van der Waals surface area contributed by atoms with E-state index in [-0.39, 0.29) is 12.0 Å². The molecule has 0 amide bonds. The molecule has 2 unspecified atom stereocenters. The summed E-state index contributed by atoms with van der Waals surface area (Å²) in [6.07, 6.45) is -0.216. The van der Waals surface area contributed by atoms with Crippen LogP contribution in [0.4, 0.5) is 0 Å². The molecule has 2 rings (SSSR count). The van der Waals surface area contributed by atoms with Gasteiger partial charge >= 0.3 is 0 Å². The number of aromatic nitrogens is 2. The average Bonchev–Trinajstić information content (AvgIpc) is 2.80. The summed E-state index contributed by atoms with van der Waals surface area (Å²) in [5, 5.41) is 3.94. The van der Waals surface area contributed by atoms with Crippen LogP contribution in [0.3, 0.4) is 0 Å². The molecule has 0 aliphatic carbocycles. The number of nitrogens with zero attached hydrogens (tertiary/aromatic N) is 2. The first-order valence-corrected chi connectivity index (χ1v) is 5.95. The van der Waals surface area contributed by atoms with E-state index >= 15 is 0 Å². The standard InChI is InChI=1S/C11H19N3O3/c1-7(2)8(5-12)11-13-10(14-17-11)9-6-15-3-4-16-9/h7-9H,3-6,12H2,1-2H3. The van der Waals surface area contributed by atoms with Crippen molar-refractivity contribution in [1.82, 2.24) is 10.1 Å². The summed E-state index contributed by atoms with van der Waals surface area (Å²) in [7, 11) is 0. The third-order valence-corrected chi connectivity index (χ3v) is 2.94. The lowest BCUT2D eigenvalue weighted by Crippen LogP contribution is -2.23. The highest BCUT2D eigenvalue weighted by Gasteiger charge is 2.26. The molecular formula is C11H19N3O3. The fourth-order valence-electron chi connectivity index (χ4n) is 1.82. The van der Waals surface area contributed by atoms with Crippen LogP contribution in [0, 0.1) is 5.92 Å². The molecule has 0 aromatic carbocycles. The summed E-state index contributed by atoms with van der Waals surface area (Å²) < 4.78 is 16.1. The van der Waals surface area contributed by atoms with Crippen LogP contribution in [0.1, 0.15) is 37.6 Å². The Balaban J connectivity index is 2.08. The van der Waals surface area contributed by atoms with Crippen molar-refractivity contribution < 1.29 is 14.0 Å². The van der Waals surface area contributed by atoms with Gasteiger partial charge in [0.2, 0.25) is 11.7 Å². The fraction of sp³-hybridized carbons (Fsp3) is 0.818. The molecule has 2 heterocycles. The Morgan fingerprint density at radius 3 is 2.82 bits per heavy atom. The second kappa shape index (κ2) is 5.57. The van der Waals surface area contributed by atoms with E-state index in [9.17, 15) is 0 Å². The van der Waals surface area contributed by atoms with Gasteiger partial charge in [-0.15, -0.1) is 0 Å². The van der Waals surface area contributed by atoms with Gasteiger partial charge in [-0.25, -0.2) is 0 Å². The lowest BCUT2D eigenvalue weighted by Gasteiger charge is -2.19. The molecule has 1 aliphatic heterocycles. The zero-order valence-corrected chi connectivity index (χ0v) is 10.3. The van der Waals surface area contributed by atoms with E-state index in [2.05, 4.69) is 24.0 Å². The summed E-state index contributed by atoms with van der Waals surface area (Å²) in [5.74, 6) is 1.61. The molecule has 6 heteroatoms. The minimum Gasteiger partial charge on any atom is -0.376 e. The third-order valence-electron chi connectivity index (χ3n) is 2.94. The Bertz CT molecular complexity index is 347. The molecule has 0 bridgehead atoms. The van der Waals surface area contributed by atoms with Crippen LogP contribution < -0.4 is 5.73 Å². The second-order valence-electron chi connectivity index (χ2n) is 4.51. The van der Waals surface area contributed by atoms with Crippen LogP contribution in [0.25, 0.3) is 0 Å². The maximum Gasteiger partial charge on any atom is 0.231 e. The highest BCUT2D eigenvalue weighted by molar-refractivity contribution is 4.99. The molecule has 96 valence electrons. The monoisotopic (exact) mass is 241 g/mol. The lowest BCUT2D eigenvalue weighted by atomic mass is 9.96. The Kier molecular flexibility index (Phi) is 4.09. The van der Waals surface area contributed by atoms with Gasteiger partial charge in [-0.3, -0.25) is 0 Å². The predicted molar refractivity (Wildman–Crippen MR) is 60.4 cm³/mol. The summed E-state index contributed by atoms with van der Waals surface area (Å²) in [6, 6.07) is 0. The first-order valence-electron chi connectivity index (χ1n) is 5.95. The zero-order chi connectivity index (χ0) is 12.3. The third kappa shape index (κ3) is 2.83. The molecule has 0 radical (unpaired) electrons. The van der Waals surface area contributed by atoms with Crippen molar-refractivity contribution in [3.63, 3.8) is 0 Å². The minimum atomic E-state index is -0.216. The van der Waals surface area contributed by atoms with E-state index in [0.29, 0.717) is 44.0 Å². The van der Waals surface area contributed by atoms with Crippen LogP contribution in [0.5, 0.6) is 0 Å². The molecule has 1 aliphatic rings. The molecule has 1 saturated heterocycles. The van der Waals surface area contributed by atoms with Gasteiger partial charge < -0.3 is 19.7 Å². The largest absolute Gasteiger partial charge is 0.376 e. The van der Waals surface area contributed by atoms with E-state index in [1.165, 1.54) is 0 Å². The van der Waals surface area contributed by atoms with Gasteiger partial charge in [0.1, 0.15) is 6.10 Å². The number of hydrogen-bond acceptors (Lipinski definition) is 6. The summed E-state index contributed by atoms with van der Waals surface area (Å²) in [5.41, 5.74) is 5.71. The number of hydrogen-bond donors (Lipinski definition) is 1. The summed E-state index contributed by atoms with van der Waals surface area (Å²) in [6.45, 7) is 6.34. The Labute approximate surface area is 100 Å². The first-order chi connectivity index (χ1) is 8.22. The van der Waals surface area contributed by atoms with Crippen molar-refractivity contribution in [2.45, 2.75) is 25.9 Å². The molecule has 17 heavy (non-hydrogen) atoms. The van der Waals surface area contributed by atoms with E-state index in [0.717, 1.165) is 0 Å². The van der Waals surface area contributed by atoms with E-state index < -0.39 is 0 Å². The quantitative estimate of drug-likeness (QED) is 0.841. The predicted octanol–water partition coefficient (Wildman–Crippen LogP) is 0.856.